The third-order valence-corrected chi connectivity index (χ3v) is 3.63. The number of likely N-dealkylation sites (N-methyl/N-ethyl adjacent to an activating group) is 1. The van der Waals surface area contributed by atoms with Crippen LogP contribution in [0, 0.1) is 0 Å². The van der Waals surface area contributed by atoms with Gasteiger partial charge in [0, 0.05) is 38.4 Å². The Morgan fingerprint density at radius 2 is 2.16 bits per heavy atom. The van der Waals surface area contributed by atoms with E-state index < -0.39 is 0 Å². The first kappa shape index (κ1) is 13.7. The van der Waals surface area contributed by atoms with Gasteiger partial charge < -0.3 is 20.9 Å². The molecule has 5 heteroatoms. The molecule has 1 aliphatic heterocycles. The zero-order chi connectivity index (χ0) is 14.0. The van der Waals surface area contributed by atoms with Gasteiger partial charge in [0.25, 0.3) is 5.91 Å². The fourth-order valence-corrected chi connectivity index (χ4v) is 2.61. The summed E-state index contributed by atoms with van der Waals surface area (Å²) in [5.74, 6) is -0.0684. The van der Waals surface area contributed by atoms with E-state index in [1.165, 1.54) is 0 Å². The molecule has 2 rings (SSSR count). The van der Waals surface area contributed by atoms with Gasteiger partial charge in [-0.1, -0.05) is 0 Å². The summed E-state index contributed by atoms with van der Waals surface area (Å²) in [5.41, 5.74) is 8.19. The molecule has 1 amide bonds. The Balaban J connectivity index is 2.37. The number of piperazine rings is 1. The van der Waals surface area contributed by atoms with Crippen molar-refractivity contribution in [3.63, 3.8) is 0 Å². The van der Waals surface area contributed by atoms with Crippen molar-refractivity contribution >= 4 is 17.3 Å². The van der Waals surface area contributed by atoms with Crippen molar-refractivity contribution in [1.29, 1.82) is 0 Å². The number of carbonyl (C=O) groups excluding carboxylic acids is 1. The van der Waals surface area contributed by atoms with Crippen LogP contribution in [-0.4, -0.2) is 50.6 Å². The molecule has 1 aromatic carbocycles. The maximum Gasteiger partial charge on any atom is 0.253 e. The summed E-state index contributed by atoms with van der Waals surface area (Å²) in [5, 5.41) is 2.69. The molecular weight excluding hydrogens is 240 g/mol. The topological polar surface area (TPSA) is 61.6 Å². The first-order chi connectivity index (χ1) is 9.02. The molecule has 19 heavy (non-hydrogen) atoms. The maximum absolute atomic E-state index is 12.0. The molecule has 1 aromatic rings. The van der Waals surface area contributed by atoms with E-state index in [4.69, 9.17) is 5.73 Å². The summed E-state index contributed by atoms with van der Waals surface area (Å²) in [6, 6.07) is 5.83. The first-order valence-corrected chi connectivity index (χ1v) is 6.59. The van der Waals surface area contributed by atoms with Crippen LogP contribution in [0.1, 0.15) is 17.3 Å². The standard InChI is InChI=1S/C14H22N4O/c1-10-9-17(3)6-7-18(10)13-8-11(15)4-5-12(13)14(19)16-2/h4-5,8,10H,6-7,9,15H2,1-3H3,(H,16,19). The minimum Gasteiger partial charge on any atom is -0.399 e. The lowest BCUT2D eigenvalue weighted by atomic mass is 10.1. The van der Waals surface area contributed by atoms with E-state index in [2.05, 4.69) is 29.1 Å². The molecule has 1 heterocycles. The third-order valence-electron chi connectivity index (χ3n) is 3.63. The van der Waals surface area contributed by atoms with Crippen LogP contribution < -0.4 is 16.0 Å². The molecule has 1 saturated heterocycles. The van der Waals surface area contributed by atoms with Crippen molar-refractivity contribution in [2.75, 3.05) is 44.4 Å². The van der Waals surface area contributed by atoms with Gasteiger partial charge in [-0.05, 0) is 32.2 Å². The van der Waals surface area contributed by atoms with Crippen molar-refractivity contribution < 1.29 is 4.79 Å². The van der Waals surface area contributed by atoms with Gasteiger partial charge in [-0.2, -0.15) is 0 Å². The van der Waals surface area contributed by atoms with Crippen LogP contribution in [0.5, 0.6) is 0 Å². The number of benzene rings is 1. The van der Waals surface area contributed by atoms with Crippen LogP contribution in [0.25, 0.3) is 0 Å². The largest absolute Gasteiger partial charge is 0.399 e. The normalized spacial score (nSPS) is 20.4. The quantitative estimate of drug-likeness (QED) is 0.773. The SMILES string of the molecule is CNC(=O)c1ccc(N)cc1N1CCN(C)CC1C. The van der Waals surface area contributed by atoms with Crippen LogP contribution >= 0.6 is 0 Å². The molecule has 0 aromatic heterocycles. The molecule has 0 saturated carbocycles. The molecule has 1 aliphatic rings. The highest BCUT2D eigenvalue weighted by molar-refractivity contribution is 6.00. The van der Waals surface area contributed by atoms with Crippen LogP contribution in [0.15, 0.2) is 18.2 Å². The van der Waals surface area contributed by atoms with Gasteiger partial charge in [0.15, 0.2) is 0 Å². The molecule has 1 atom stereocenters. The number of hydrogen-bond donors (Lipinski definition) is 2. The van der Waals surface area contributed by atoms with Gasteiger partial charge >= 0.3 is 0 Å². The molecule has 104 valence electrons. The van der Waals surface area contributed by atoms with Crippen LogP contribution in [0.2, 0.25) is 0 Å². The van der Waals surface area contributed by atoms with Gasteiger partial charge in [-0.15, -0.1) is 0 Å². The Kier molecular flexibility index (Phi) is 3.95. The van der Waals surface area contributed by atoms with E-state index >= 15 is 0 Å². The summed E-state index contributed by atoms with van der Waals surface area (Å²) >= 11 is 0. The van der Waals surface area contributed by atoms with Crippen molar-refractivity contribution in [2.45, 2.75) is 13.0 Å². The summed E-state index contributed by atoms with van der Waals surface area (Å²) in [6.45, 7) is 5.06. The van der Waals surface area contributed by atoms with Gasteiger partial charge in [0.05, 0.1) is 11.3 Å². The number of nitrogens with zero attached hydrogens (tertiary/aromatic N) is 2. The van der Waals surface area contributed by atoms with E-state index in [-0.39, 0.29) is 5.91 Å². The van der Waals surface area contributed by atoms with Gasteiger partial charge in [-0.3, -0.25) is 4.79 Å². The van der Waals surface area contributed by atoms with E-state index in [0.29, 0.717) is 17.3 Å². The van der Waals surface area contributed by atoms with Gasteiger partial charge in [0.2, 0.25) is 0 Å². The van der Waals surface area contributed by atoms with E-state index in [9.17, 15) is 4.79 Å². The van der Waals surface area contributed by atoms with E-state index in [1.807, 2.05) is 6.07 Å². The Labute approximate surface area is 114 Å². The molecule has 5 nitrogen and oxygen atoms in total. The summed E-state index contributed by atoms with van der Waals surface area (Å²) < 4.78 is 0. The maximum atomic E-state index is 12.0. The second-order valence-corrected chi connectivity index (χ2v) is 5.16. The molecule has 1 fully saturated rings. The van der Waals surface area contributed by atoms with Crippen LogP contribution in [-0.2, 0) is 0 Å². The Hall–Kier alpha value is -1.75. The Bertz CT molecular complexity index is 475. The second-order valence-electron chi connectivity index (χ2n) is 5.16. The smallest absolute Gasteiger partial charge is 0.253 e. The van der Waals surface area contributed by atoms with Crippen LogP contribution in [0.4, 0.5) is 11.4 Å². The molecule has 0 aliphatic carbocycles. The highest BCUT2D eigenvalue weighted by atomic mass is 16.1. The van der Waals surface area contributed by atoms with Crippen LogP contribution in [0.3, 0.4) is 0 Å². The number of nitrogens with one attached hydrogen (secondary N) is 1. The average Bonchev–Trinajstić information content (AvgIpc) is 2.38. The Morgan fingerprint density at radius 1 is 1.42 bits per heavy atom. The molecule has 0 spiro atoms. The summed E-state index contributed by atoms with van der Waals surface area (Å²) in [6.07, 6.45) is 0. The zero-order valence-corrected chi connectivity index (χ0v) is 11.8. The molecular formula is C14H22N4O. The minimum absolute atomic E-state index is 0.0684. The number of nitrogen functional groups attached to an aromatic ring is 1. The van der Waals surface area contributed by atoms with Crippen molar-refractivity contribution in [1.82, 2.24) is 10.2 Å². The summed E-state index contributed by atoms with van der Waals surface area (Å²) in [4.78, 5) is 16.5. The zero-order valence-electron chi connectivity index (χ0n) is 11.8. The first-order valence-electron chi connectivity index (χ1n) is 6.59. The predicted molar refractivity (Wildman–Crippen MR) is 78.5 cm³/mol. The van der Waals surface area contributed by atoms with E-state index in [1.54, 1.807) is 19.2 Å². The van der Waals surface area contributed by atoms with E-state index in [0.717, 1.165) is 25.3 Å². The highest BCUT2D eigenvalue weighted by Crippen LogP contribution is 2.27. The average molecular weight is 262 g/mol. The summed E-state index contributed by atoms with van der Waals surface area (Å²) in [7, 11) is 3.77. The lowest BCUT2D eigenvalue weighted by molar-refractivity contribution is 0.0963. The molecule has 1 unspecified atom stereocenters. The van der Waals surface area contributed by atoms with Gasteiger partial charge in [-0.25, -0.2) is 0 Å². The molecule has 3 N–H and O–H groups in total. The number of anilines is 2. The molecule has 0 bridgehead atoms. The lowest BCUT2D eigenvalue weighted by Gasteiger charge is -2.40. The lowest BCUT2D eigenvalue weighted by Crippen LogP contribution is -2.51. The van der Waals surface area contributed by atoms with Crippen molar-refractivity contribution in [3.05, 3.63) is 23.8 Å². The fourth-order valence-electron chi connectivity index (χ4n) is 2.61. The van der Waals surface area contributed by atoms with Crippen molar-refractivity contribution in [3.8, 4) is 0 Å². The monoisotopic (exact) mass is 262 g/mol. The number of amides is 1. The van der Waals surface area contributed by atoms with Crippen molar-refractivity contribution in [2.24, 2.45) is 0 Å². The second kappa shape index (κ2) is 5.48. The molecule has 0 radical (unpaired) electrons. The third kappa shape index (κ3) is 2.81. The highest BCUT2D eigenvalue weighted by Gasteiger charge is 2.25. The Morgan fingerprint density at radius 3 is 2.79 bits per heavy atom. The number of nitrogens with two attached hydrogens (primary N) is 1. The fraction of sp³-hybridized carbons (Fsp3) is 0.500. The number of rotatable bonds is 2. The minimum atomic E-state index is -0.0684. The van der Waals surface area contributed by atoms with Gasteiger partial charge in [0.1, 0.15) is 0 Å². The number of hydrogen-bond acceptors (Lipinski definition) is 4. The predicted octanol–water partition coefficient (Wildman–Crippen LogP) is 0.769. The number of carbonyl (C=O) groups is 1.